The molecule has 2 aliphatic rings. The van der Waals surface area contributed by atoms with Crippen molar-refractivity contribution in [2.75, 3.05) is 46.2 Å². The first kappa shape index (κ1) is 23.6. The third-order valence-electron chi connectivity index (χ3n) is 6.36. The molecule has 8 nitrogen and oxygen atoms in total. The highest BCUT2D eigenvalue weighted by molar-refractivity contribution is 7.80. The van der Waals surface area contributed by atoms with Gasteiger partial charge in [0.1, 0.15) is 0 Å². The van der Waals surface area contributed by atoms with Crippen LogP contribution in [0.3, 0.4) is 0 Å². The summed E-state index contributed by atoms with van der Waals surface area (Å²) >= 11 is 5.78. The van der Waals surface area contributed by atoms with Crippen LogP contribution in [0.5, 0.6) is 11.5 Å². The van der Waals surface area contributed by atoms with Gasteiger partial charge in [-0.1, -0.05) is 30.3 Å². The van der Waals surface area contributed by atoms with E-state index in [9.17, 15) is 4.79 Å². The van der Waals surface area contributed by atoms with E-state index in [1.807, 2.05) is 36.4 Å². The van der Waals surface area contributed by atoms with Crippen LogP contribution in [0.2, 0.25) is 0 Å². The number of hydrogen-bond acceptors (Lipinski definition) is 6. The van der Waals surface area contributed by atoms with Crippen molar-refractivity contribution in [2.45, 2.75) is 19.5 Å². The zero-order chi connectivity index (χ0) is 24.0. The molecule has 2 aromatic carbocycles. The van der Waals surface area contributed by atoms with E-state index in [-0.39, 0.29) is 12.4 Å². The highest BCUT2D eigenvalue weighted by atomic mass is 32.1. The van der Waals surface area contributed by atoms with Crippen LogP contribution in [0.25, 0.3) is 10.9 Å². The van der Waals surface area contributed by atoms with Crippen LogP contribution in [-0.4, -0.2) is 66.1 Å². The topological polar surface area (TPSA) is 79.1 Å². The average molecular weight is 495 g/mol. The number of pyridine rings is 1. The Hall–Kier alpha value is -3.14. The number of nitrogens with zero attached hydrogens (tertiary/aromatic N) is 2. The first-order valence-corrected chi connectivity index (χ1v) is 12.4. The van der Waals surface area contributed by atoms with Gasteiger partial charge in [0.25, 0.3) is 5.56 Å². The normalized spacial score (nSPS) is 15.3. The van der Waals surface area contributed by atoms with Crippen LogP contribution >= 0.6 is 12.2 Å². The van der Waals surface area contributed by atoms with Crippen molar-refractivity contribution >= 4 is 28.2 Å². The van der Waals surface area contributed by atoms with Crippen molar-refractivity contribution in [3.05, 3.63) is 70.0 Å². The summed E-state index contributed by atoms with van der Waals surface area (Å²) in [5.74, 6) is 1.34. The lowest BCUT2D eigenvalue weighted by Crippen LogP contribution is -2.42. The fourth-order valence-electron chi connectivity index (χ4n) is 4.41. The van der Waals surface area contributed by atoms with Gasteiger partial charge in [0.05, 0.1) is 25.3 Å². The lowest BCUT2D eigenvalue weighted by Gasteiger charge is -2.29. The third-order valence-corrected chi connectivity index (χ3v) is 6.76. The van der Waals surface area contributed by atoms with Gasteiger partial charge in [-0.3, -0.25) is 9.69 Å². The zero-order valence-electron chi connectivity index (χ0n) is 19.6. The maximum atomic E-state index is 13.0. The fourth-order valence-corrected chi connectivity index (χ4v) is 4.64. The maximum Gasteiger partial charge on any atom is 0.253 e. The number of benzene rings is 2. The molecule has 0 spiro atoms. The summed E-state index contributed by atoms with van der Waals surface area (Å²) in [4.78, 5) is 20.4. The number of H-pyrrole nitrogens is 1. The number of fused-ring (bicyclic) bond motifs is 2. The first-order chi connectivity index (χ1) is 17.2. The van der Waals surface area contributed by atoms with Gasteiger partial charge < -0.3 is 29.4 Å². The summed E-state index contributed by atoms with van der Waals surface area (Å²) in [6.07, 6.45) is 0.942. The largest absolute Gasteiger partial charge is 0.454 e. The van der Waals surface area contributed by atoms with Gasteiger partial charge in [-0.05, 0) is 36.3 Å². The Morgan fingerprint density at radius 2 is 1.86 bits per heavy atom. The quantitative estimate of drug-likeness (QED) is 0.463. The predicted octanol–water partition coefficient (Wildman–Crippen LogP) is 2.86. The number of nitrogens with one attached hydrogen (secondary N) is 2. The first-order valence-electron chi connectivity index (χ1n) is 12.0. The molecule has 1 fully saturated rings. The van der Waals surface area contributed by atoms with E-state index in [0.29, 0.717) is 35.3 Å². The second-order valence-electron chi connectivity index (χ2n) is 8.79. The number of morpholine rings is 1. The molecule has 1 saturated heterocycles. The van der Waals surface area contributed by atoms with E-state index in [2.05, 4.69) is 32.2 Å². The van der Waals surface area contributed by atoms with Crippen LogP contribution in [0, 0.1) is 0 Å². The minimum Gasteiger partial charge on any atom is -0.454 e. The van der Waals surface area contributed by atoms with Gasteiger partial charge in [-0.2, -0.15) is 0 Å². The second kappa shape index (κ2) is 11.1. The molecule has 9 heteroatoms. The minimum absolute atomic E-state index is 0.125. The molecular weight excluding hydrogens is 464 g/mol. The van der Waals surface area contributed by atoms with Gasteiger partial charge in [0, 0.05) is 49.7 Å². The molecule has 5 rings (SSSR count). The number of aromatic amines is 1. The Kier molecular flexibility index (Phi) is 7.46. The lowest BCUT2D eigenvalue weighted by molar-refractivity contribution is 0.0367. The van der Waals surface area contributed by atoms with Crippen LogP contribution in [0.15, 0.2) is 53.3 Å². The average Bonchev–Trinajstić information content (AvgIpc) is 3.34. The molecule has 0 amide bonds. The molecule has 3 aromatic rings. The van der Waals surface area contributed by atoms with Gasteiger partial charge in [-0.25, -0.2) is 0 Å². The molecule has 0 saturated carbocycles. The highest BCUT2D eigenvalue weighted by Crippen LogP contribution is 2.35. The van der Waals surface area contributed by atoms with Crippen molar-refractivity contribution in [1.82, 2.24) is 20.1 Å². The standard InChI is InChI=1S/C26H30N4O4S/c31-25-21(13-20-14-23-24(34-18-33-23)15-22(20)28-25)17-30(8-4-7-29-9-11-32-12-10-29)26(35)27-16-19-5-2-1-3-6-19/h1-3,5-6,13-15H,4,7-12,16-18H2,(H,27,35)(H,28,31). The van der Waals surface area contributed by atoms with Crippen molar-refractivity contribution in [3.63, 3.8) is 0 Å². The number of aromatic nitrogens is 1. The second-order valence-corrected chi connectivity index (χ2v) is 9.18. The number of ether oxygens (including phenoxy) is 3. The molecule has 35 heavy (non-hydrogen) atoms. The summed E-state index contributed by atoms with van der Waals surface area (Å²) in [7, 11) is 0. The maximum absolute atomic E-state index is 13.0. The number of thiocarbonyl (C=S) groups is 1. The lowest BCUT2D eigenvalue weighted by atomic mass is 10.1. The Bertz CT molecular complexity index is 1230. The molecule has 2 aliphatic heterocycles. The van der Waals surface area contributed by atoms with E-state index in [0.717, 1.165) is 62.3 Å². The molecule has 0 unspecified atom stereocenters. The molecular formula is C26H30N4O4S. The Labute approximate surface area is 209 Å². The summed E-state index contributed by atoms with van der Waals surface area (Å²) < 4.78 is 16.4. The van der Waals surface area contributed by atoms with Crippen molar-refractivity contribution in [1.29, 1.82) is 0 Å². The van der Waals surface area contributed by atoms with Crippen LogP contribution in [0.1, 0.15) is 17.5 Å². The minimum atomic E-state index is -0.125. The highest BCUT2D eigenvalue weighted by Gasteiger charge is 2.18. The Morgan fingerprint density at radius 1 is 1.09 bits per heavy atom. The molecule has 1 aromatic heterocycles. The van der Waals surface area contributed by atoms with E-state index in [1.165, 1.54) is 0 Å². The van der Waals surface area contributed by atoms with Crippen LogP contribution in [-0.2, 0) is 17.8 Å². The van der Waals surface area contributed by atoms with Crippen molar-refractivity contribution in [3.8, 4) is 11.5 Å². The zero-order valence-corrected chi connectivity index (χ0v) is 20.4. The summed E-state index contributed by atoms with van der Waals surface area (Å²) in [5.41, 5.74) is 2.42. The Balaban J connectivity index is 1.31. The van der Waals surface area contributed by atoms with Gasteiger partial charge >= 0.3 is 0 Å². The third kappa shape index (κ3) is 5.93. The van der Waals surface area contributed by atoms with Gasteiger partial charge in [0.15, 0.2) is 16.6 Å². The van der Waals surface area contributed by atoms with Crippen LogP contribution in [0.4, 0.5) is 0 Å². The van der Waals surface area contributed by atoms with Gasteiger partial charge in [-0.15, -0.1) is 0 Å². The number of hydrogen-bond donors (Lipinski definition) is 2. The molecule has 0 aliphatic carbocycles. The smallest absolute Gasteiger partial charge is 0.253 e. The summed E-state index contributed by atoms with van der Waals surface area (Å²) in [5, 5.41) is 4.92. The number of rotatable bonds is 8. The molecule has 184 valence electrons. The van der Waals surface area contributed by atoms with Crippen molar-refractivity contribution < 1.29 is 14.2 Å². The molecule has 0 radical (unpaired) electrons. The van der Waals surface area contributed by atoms with E-state index in [1.54, 1.807) is 0 Å². The fraction of sp³-hybridized carbons (Fsp3) is 0.385. The predicted molar refractivity (Wildman–Crippen MR) is 139 cm³/mol. The molecule has 0 bridgehead atoms. The van der Waals surface area contributed by atoms with Gasteiger partial charge in [0.2, 0.25) is 6.79 Å². The summed E-state index contributed by atoms with van der Waals surface area (Å²) in [6, 6.07) is 15.8. The van der Waals surface area contributed by atoms with E-state index in [4.69, 9.17) is 26.4 Å². The Morgan fingerprint density at radius 3 is 2.66 bits per heavy atom. The SMILES string of the molecule is O=c1[nH]c2cc3c(cc2cc1CN(CCCN1CCOCC1)C(=S)NCc1ccccc1)OCO3. The molecule has 3 heterocycles. The molecule has 0 atom stereocenters. The van der Waals surface area contributed by atoms with E-state index < -0.39 is 0 Å². The van der Waals surface area contributed by atoms with E-state index >= 15 is 0 Å². The van der Waals surface area contributed by atoms with Crippen molar-refractivity contribution in [2.24, 2.45) is 0 Å². The monoisotopic (exact) mass is 494 g/mol. The van der Waals surface area contributed by atoms with Crippen LogP contribution < -0.4 is 20.3 Å². The summed E-state index contributed by atoms with van der Waals surface area (Å²) in [6.45, 7) is 6.45. The molecule has 2 N–H and O–H groups in total.